The lowest BCUT2D eigenvalue weighted by Gasteiger charge is -2.25. The van der Waals surface area contributed by atoms with Crippen LogP contribution in [0.25, 0.3) is 10.2 Å². The van der Waals surface area contributed by atoms with Gasteiger partial charge >= 0.3 is 0 Å². The van der Waals surface area contributed by atoms with E-state index in [2.05, 4.69) is 24.8 Å². The normalized spacial score (nSPS) is 13.6. The Labute approximate surface area is 209 Å². The van der Waals surface area contributed by atoms with Crippen LogP contribution in [0, 0.1) is 6.92 Å². The van der Waals surface area contributed by atoms with Crippen molar-refractivity contribution in [3.05, 3.63) is 53.6 Å². The highest BCUT2D eigenvalue weighted by molar-refractivity contribution is 7.22. The summed E-state index contributed by atoms with van der Waals surface area (Å²) in [4.78, 5) is 47.6. The number of fused-ring (bicyclic) bond motifs is 1. The molecule has 7 nitrogen and oxygen atoms in total. The third-order valence-corrected chi connectivity index (χ3v) is 7.01. The number of thiazole rings is 1. The van der Waals surface area contributed by atoms with E-state index in [1.54, 1.807) is 29.2 Å². The molecule has 1 aliphatic heterocycles. The Kier molecular flexibility index (Phi) is 8.41. The molecule has 2 aromatic carbocycles. The van der Waals surface area contributed by atoms with Crippen LogP contribution in [-0.2, 0) is 9.59 Å². The summed E-state index contributed by atoms with van der Waals surface area (Å²) in [6, 6.07) is 12.8. The monoisotopic (exact) mass is 500 g/mol. The zero-order chi connectivity index (χ0) is 23.5. The quantitative estimate of drug-likeness (QED) is 0.420. The summed E-state index contributed by atoms with van der Waals surface area (Å²) < 4.78 is 1.05. The van der Waals surface area contributed by atoms with Crippen LogP contribution in [0.4, 0.5) is 10.8 Å². The van der Waals surface area contributed by atoms with Crippen LogP contribution in [0.5, 0.6) is 0 Å². The summed E-state index contributed by atoms with van der Waals surface area (Å²) in [7, 11) is 0. The minimum absolute atomic E-state index is 0. The number of amides is 3. The number of nitrogens with zero attached hydrogens (tertiary/aromatic N) is 4. The molecule has 3 aromatic rings. The maximum absolute atomic E-state index is 13.6. The van der Waals surface area contributed by atoms with Crippen LogP contribution in [0.3, 0.4) is 0 Å². The first kappa shape index (κ1) is 25.8. The fraction of sp³-hybridized carbons (Fsp3) is 0.360. The molecule has 1 aromatic heterocycles. The smallest absolute Gasteiger partial charge is 0.260 e. The third-order valence-electron chi connectivity index (χ3n) is 5.97. The maximum Gasteiger partial charge on any atom is 0.260 e. The molecule has 0 N–H and O–H groups in total. The Morgan fingerprint density at radius 1 is 1.00 bits per heavy atom. The van der Waals surface area contributed by atoms with E-state index in [0.29, 0.717) is 22.9 Å². The van der Waals surface area contributed by atoms with Gasteiger partial charge in [-0.2, -0.15) is 0 Å². The molecule has 9 heteroatoms. The predicted molar refractivity (Wildman–Crippen MR) is 139 cm³/mol. The highest BCUT2D eigenvalue weighted by Gasteiger charge is 2.30. The van der Waals surface area contributed by atoms with Crippen LogP contribution in [0.2, 0.25) is 0 Å². The van der Waals surface area contributed by atoms with Gasteiger partial charge in [0.25, 0.3) is 5.91 Å². The Hall–Kier alpha value is -2.81. The zero-order valence-electron chi connectivity index (χ0n) is 19.6. The van der Waals surface area contributed by atoms with Gasteiger partial charge < -0.3 is 4.90 Å². The molecule has 0 atom stereocenters. The predicted octanol–water partition coefficient (Wildman–Crippen LogP) is 4.67. The number of likely N-dealkylation sites (N-methyl/N-ethyl adjacent to an activating group) is 1. The third kappa shape index (κ3) is 5.29. The molecule has 2 heterocycles. The lowest BCUT2D eigenvalue weighted by Crippen LogP contribution is -2.39. The summed E-state index contributed by atoms with van der Waals surface area (Å²) in [5.74, 6) is -0.557. The van der Waals surface area contributed by atoms with E-state index in [-0.39, 0.29) is 43.0 Å². The number of halogens is 1. The molecule has 4 rings (SSSR count). The van der Waals surface area contributed by atoms with Crippen molar-refractivity contribution in [2.75, 3.05) is 36.0 Å². The maximum atomic E-state index is 13.6. The van der Waals surface area contributed by atoms with Crippen molar-refractivity contribution < 1.29 is 14.4 Å². The van der Waals surface area contributed by atoms with Crippen molar-refractivity contribution in [3.8, 4) is 0 Å². The molecule has 34 heavy (non-hydrogen) atoms. The second kappa shape index (κ2) is 11.1. The first-order valence-corrected chi connectivity index (χ1v) is 12.1. The highest BCUT2D eigenvalue weighted by atomic mass is 35.5. The van der Waals surface area contributed by atoms with E-state index >= 15 is 0 Å². The van der Waals surface area contributed by atoms with Crippen LogP contribution < -0.4 is 9.80 Å². The zero-order valence-corrected chi connectivity index (χ0v) is 21.2. The first-order chi connectivity index (χ1) is 15.9. The molecular formula is C25H29ClN4O3S. The van der Waals surface area contributed by atoms with E-state index < -0.39 is 0 Å². The van der Waals surface area contributed by atoms with E-state index in [4.69, 9.17) is 4.98 Å². The number of benzene rings is 2. The van der Waals surface area contributed by atoms with Gasteiger partial charge in [0.05, 0.1) is 15.9 Å². The van der Waals surface area contributed by atoms with Gasteiger partial charge in [0.1, 0.15) is 0 Å². The number of hydrogen-bond donors (Lipinski definition) is 0. The Bertz CT molecular complexity index is 1170. The second-order valence-electron chi connectivity index (χ2n) is 8.12. The molecule has 0 saturated carbocycles. The Morgan fingerprint density at radius 2 is 1.65 bits per heavy atom. The molecule has 1 saturated heterocycles. The van der Waals surface area contributed by atoms with Crippen molar-refractivity contribution in [1.29, 1.82) is 0 Å². The molecular weight excluding hydrogens is 472 g/mol. The van der Waals surface area contributed by atoms with E-state index in [1.807, 2.05) is 19.1 Å². The number of carbonyl (C=O) groups excluding carboxylic acids is 3. The average Bonchev–Trinajstić information content (AvgIpc) is 3.38. The van der Waals surface area contributed by atoms with E-state index in [0.717, 1.165) is 35.4 Å². The van der Waals surface area contributed by atoms with Crippen LogP contribution in [0.1, 0.15) is 42.6 Å². The van der Waals surface area contributed by atoms with Gasteiger partial charge in [0, 0.05) is 31.5 Å². The summed E-state index contributed by atoms with van der Waals surface area (Å²) in [5, 5.41) is 0.668. The minimum Gasteiger partial charge on any atom is -0.302 e. The largest absolute Gasteiger partial charge is 0.302 e. The van der Waals surface area contributed by atoms with Gasteiger partial charge in [-0.25, -0.2) is 4.98 Å². The number of anilines is 2. The molecule has 180 valence electrons. The molecule has 0 radical (unpaired) electrons. The van der Waals surface area contributed by atoms with Crippen LogP contribution in [-0.4, -0.2) is 53.8 Å². The summed E-state index contributed by atoms with van der Waals surface area (Å²) in [6.07, 6.45) is 0.464. The number of carbonyl (C=O) groups is 3. The number of aryl methyl sites for hydroxylation is 1. The van der Waals surface area contributed by atoms with Gasteiger partial charge in [-0.1, -0.05) is 31.3 Å². The lowest BCUT2D eigenvalue weighted by atomic mass is 10.1. The molecule has 0 aliphatic carbocycles. The molecule has 3 amide bonds. The topological polar surface area (TPSA) is 73.8 Å². The number of hydrogen-bond acceptors (Lipinski definition) is 6. The molecule has 0 bridgehead atoms. The Balaban J connectivity index is 0.00000324. The molecule has 0 unspecified atom stereocenters. The molecule has 1 aliphatic rings. The van der Waals surface area contributed by atoms with Gasteiger partial charge in [-0.15, -0.1) is 12.4 Å². The molecule has 0 spiro atoms. The lowest BCUT2D eigenvalue weighted by molar-refractivity contribution is -0.121. The second-order valence-corrected chi connectivity index (χ2v) is 9.13. The van der Waals surface area contributed by atoms with Gasteiger partial charge in [-0.3, -0.25) is 24.2 Å². The van der Waals surface area contributed by atoms with E-state index in [9.17, 15) is 14.4 Å². The fourth-order valence-corrected chi connectivity index (χ4v) is 5.06. The van der Waals surface area contributed by atoms with Gasteiger partial charge in [-0.05, 0) is 62.0 Å². The fourth-order valence-electron chi connectivity index (χ4n) is 3.97. The Morgan fingerprint density at radius 3 is 2.26 bits per heavy atom. The minimum atomic E-state index is -0.204. The first-order valence-electron chi connectivity index (χ1n) is 11.3. The molecule has 1 fully saturated rings. The highest BCUT2D eigenvalue weighted by Crippen LogP contribution is 2.31. The van der Waals surface area contributed by atoms with E-state index in [1.165, 1.54) is 16.2 Å². The summed E-state index contributed by atoms with van der Waals surface area (Å²) in [6.45, 7) is 9.33. The standard InChI is InChI=1S/C25H28N4O3S.ClH/c1-4-27(5-2)14-15-28(25-26-20-11-6-17(3)16-21(20)33-25)24(32)18-7-9-19(10-8-18)29-22(30)12-13-23(29)31;/h6-11,16H,4-5,12-15H2,1-3H3;1H. The number of imide groups is 1. The van der Waals surface area contributed by atoms with Crippen LogP contribution >= 0.6 is 23.7 Å². The van der Waals surface area contributed by atoms with Crippen LogP contribution in [0.15, 0.2) is 42.5 Å². The van der Waals surface area contributed by atoms with Crippen molar-refractivity contribution in [2.24, 2.45) is 0 Å². The summed E-state index contributed by atoms with van der Waals surface area (Å²) in [5.41, 5.74) is 3.03. The van der Waals surface area contributed by atoms with Gasteiger partial charge in [0.15, 0.2) is 5.13 Å². The van der Waals surface area contributed by atoms with Crippen molar-refractivity contribution >= 4 is 62.5 Å². The number of rotatable bonds is 8. The summed E-state index contributed by atoms with van der Waals surface area (Å²) >= 11 is 1.51. The van der Waals surface area contributed by atoms with Crippen molar-refractivity contribution in [1.82, 2.24) is 9.88 Å². The SMILES string of the molecule is CCN(CC)CCN(C(=O)c1ccc(N2C(=O)CCC2=O)cc1)c1nc2ccc(C)cc2s1.Cl. The van der Waals surface area contributed by atoms with Crippen molar-refractivity contribution in [3.63, 3.8) is 0 Å². The number of aromatic nitrogens is 1. The van der Waals surface area contributed by atoms with Crippen molar-refractivity contribution in [2.45, 2.75) is 33.6 Å². The average molecular weight is 501 g/mol. The van der Waals surface area contributed by atoms with Gasteiger partial charge in [0.2, 0.25) is 11.8 Å².